The maximum absolute atomic E-state index is 14.1. The minimum atomic E-state index is -1.08. The Hall–Kier alpha value is -9.99. The zero-order valence-corrected chi connectivity index (χ0v) is 62.3. The molecule has 6 aliphatic heterocycles. The van der Waals surface area contributed by atoms with Gasteiger partial charge in [0.2, 0.25) is 5.91 Å². The Morgan fingerprint density at radius 1 is 0.528 bits per heavy atom. The monoisotopic (exact) mass is 1440 g/mol. The van der Waals surface area contributed by atoms with Crippen molar-refractivity contribution in [1.29, 1.82) is 0 Å². The minimum Gasteiger partial charge on any atom is -0.484 e. The van der Waals surface area contributed by atoms with Crippen LogP contribution in [0.5, 0.6) is 5.75 Å². The predicted octanol–water partition coefficient (Wildman–Crippen LogP) is 11.9. The average molecular weight is 1440 g/mol. The predicted molar refractivity (Wildman–Crippen MR) is 413 cm³/mol. The van der Waals surface area contributed by atoms with Gasteiger partial charge in [0.1, 0.15) is 11.3 Å². The van der Waals surface area contributed by atoms with Crippen molar-refractivity contribution in [3.8, 4) is 28.0 Å². The molecule has 7 N–H and O–H groups in total. The molecule has 4 aromatic carbocycles. The van der Waals surface area contributed by atoms with Crippen LogP contribution in [0.2, 0.25) is 0 Å². The third kappa shape index (κ3) is 18.1. The van der Waals surface area contributed by atoms with Gasteiger partial charge in [-0.1, -0.05) is 169 Å². The molecule has 22 nitrogen and oxygen atoms in total. The number of aliphatic imine (C=N–C) groups is 3. The molecule has 3 saturated heterocycles. The normalized spacial score (nSPS) is 23.2. The number of urea groups is 1. The van der Waals surface area contributed by atoms with E-state index in [4.69, 9.17) is 26.9 Å². The van der Waals surface area contributed by atoms with Gasteiger partial charge in [-0.15, -0.1) is 0 Å². The standard InChI is InChI=1S/C32H49N5O2.C29H31N5O3.C23H27N5O2/c1-2-9-28-23-36(31(39)34-28)21-26-14-16-27(17-15-26)22-37-29(38)32(35-30(37)33,20-25-12-7-4-8-13-25)19-18-24-10-5-3-6-11-24;1-29(24-9-5-7-22(17-24)23-8-6-14-31-18-23)27(36)34(28(30)32-29)19-21-12-15-33(16-13-21)26(35)20-37-25-10-3-2-4-11-25;1-16(29)27-11-8-17(9-12-27)15-28-21(30)23(2,26-22(28)24)20-7-3-5-18(13-20)19-6-4-10-25-14-19/h14-17,24-25,28H,2-13,18-23H2,1H3,(H2,33,35)(H,34,39);2-11,14,17-18,21H,12-13,15-16,19-20H2,1H3,(H2,30,32);3-7,10,13-14,17H,8-9,11-12,15H2,1-2H3,(H2,24,26)/t28-,32?;;/m0../s1. The number of carbonyl (C=O) groups is 6. The van der Waals surface area contributed by atoms with Gasteiger partial charge >= 0.3 is 6.03 Å². The van der Waals surface area contributed by atoms with Crippen molar-refractivity contribution >= 4 is 53.4 Å². The lowest BCUT2D eigenvalue weighted by Gasteiger charge is -2.34. The summed E-state index contributed by atoms with van der Waals surface area (Å²) in [6.07, 6.45) is 28.1. The summed E-state index contributed by atoms with van der Waals surface area (Å²) in [5.74, 6) is 3.39. The van der Waals surface area contributed by atoms with Crippen LogP contribution >= 0.6 is 0 Å². The molecule has 560 valence electrons. The van der Waals surface area contributed by atoms with Crippen LogP contribution in [0.15, 0.2) is 167 Å². The van der Waals surface area contributed by atoms with E-state index >= 15 is 0 Å². The first-order chi connectivity index (χ1) is 51.3. The van der Waals surface area contributed by atoms with E-state index in [0.717, 1.165) is 128 Å². The highest BCUT2D eigenvalue weighted by Crippen LogP contribution is 2.43. The fourth-order valence-corrected chi connectivity index (χ4v) is 16.8. The van der Waals surface area contributed by atoms with E-state index in [1.54, 1.807) is 46.4 Å². The van der Waals surface area contributed by atoms with Crippen molar-refractivity contribution in [1.82, 2.24) is 44.7 Å². The highest BCUT2D eigenvalue weighted by atomic mass is 16.5. The number of hydrogen-bond donors (Lipinski definition) is 4. The van der Waals surface area contributed by atoms with Gasteiger partial charge in [0.15, 0.2) is 35.6 Å². The van der Waals surface area contributed by atoms with Crippen LogP contribution < -0.4 is 27.3 Å². The average Bonchev–Trinajstić information content (AvgIpc) is 1.62. The highest BCUT2D eigenvalue weighted by Gasteiger charge is 2.50. The van der Waals surface area contributed by atoms with Crippen molar-refractivity contribution in [3.63, 3.8) is 0 Å². The first kappa shape index (κ1) is 75.7. The molecule has 14 rings (SSSR count). The fourth-order valence-electron chi connectivity index (χ4n) is 16.8. The lowest BCUT2D eigenvalue weighted by atomic mass is 9.75. The molecule has 4 atom stereocenters. The summed E-state index contributed by atoms with van der Waals surface area (Å²) in [4.78, 5) is 111. The molecule has 2 aliphatic carbocycles. The smallest absolute Gasteiger partial charge is 0.318 e. The van der Waals surface area contributed by atoms with Gasteiger partial charge < -0.3 is 42.0 Å². The number of nitrogens with zero attached hydrogens (tertiary/aromatic N) is 11. The lowest BCUT2D eigenvalue weighted by molar-refractivity contribution is -0.136. The topological polar surface area (TPSA) is 284 Å². The Kier molecular flexibility index (Phi) is 24.6. The number of carbonyl (C=O) groups excluding carboxylic acids is 6. The largest absolute Gasteiger partial charge is 0.484 e. The van der Waals surface area contributed by atoms with Crippen LogP contribution in [-0.2, 0) is 48.1 Å². The fraction of sp³-hybridized carbons (Fsp3) is 0.488. The van der Waals surface area contributed by atoms with Gasteiger partial charge in [-0.2, -0.15) is 0 Å². The molecule has 2 saturated carbocycles. The first-order valence-corrected chi connectivity index (χ1v) is 38.7. The second kappa shape index (κ2) is 34.5. The summed E-state index contributed by atoms with van der Waals surface area (Å²) >= 11 is 0. The number of ether oxygens (including phenoxy) is 1. The zero-order chi connectivity index (χ0) is 74.4. The van der Waals surface area contributed by atoms with E-state index in [-0.39, 0.29) is 66.1 Å². The van der Waals surface area contributed by atoms with Crippen LogP contribution in [0, 0.1) is 23.7 Å². The molecule has 2 aromatic heterocycles. The van der Waals surface area contributed by atoms with E-state index in [9.17, 15) is 28.8 Å². The highest BCUT2D eigenvalue weighted by molar-refractivity contribution is 6.08. The van der Waals surface area contributed by atoms with E-state index in [2.05, 4.69) is 56.5 Å². The zero-order valence-electron chi connectivity index (χ0n) is 62.3. The maximum atomic E-state index is 14.1. The number of nitrogens with two attached hydrogens (primary N) is 3. The van der Waals surface area contributed by atoms with Crippen molar-refractivity contribution in [3.05, 3.63) is 174 Å². The Labute approximate surface area is 624 Å². The number of aromatic nitrogens is 2. The van der Waals surface area contributed by atoms with Crippen molar-refractivity contribution < 1.29 is 33.5 Å². The molecule has 5 fully saturated rings. The summed E-state index contributed by atoms with van der Waals surface area (Å²) in [5, 5.41) is 3.08. The van der Waals surface area contributed by atoms with E-state index in [1.807, 2.05) is 132 Å². The summed E-state index contributed by atoms with van der Waals surface area (Å²) in [7, 11) is 0. The van der Waals surface area contributed by atoms with Crippen molar-refractivity contribution in [2.24, 2.45) is 55.8 Å². The quantitative estimate of drug-likeness (QED) is 0.0494. The summed E-state index contributed by atoms with van der Waals surface area (Å²) < 4.78 is 5.61. The minimum absolute atomic E-state index is 0.0201. The number of pyridine rings is 2. The number of benzene rings is 4. The maximum Gasteiger partial charge on any atom is 0.318 e. The van der Waals surface area contributed by atoms with Crippen LogP contribution in [-0.4, -0.2) is 157 Å². The van der Waals surface area contributed by atoms with E-state index < -0.39 is 16.6 Å². The number of piperidine rings is 2. The lowest BCUT2D eigenvalue weighted by Crippen LogP contribution is -2.47. The van der Waals surface area contributed by atoms with Gasteiger partial charge in [0.05, 0.1) is 6.54 Å². The molecule has 3 unspecified atom stereocenters. The molecule has 106 heavy (non-hydrogen) atoms. The number of rotatable bonds is 22. The Bertz CT molecular complexity index is 4110. The number of likely N-dealkylation sites (tertiary alicyclic amines) is 2. The molecule has 0 bridgehead atoms. The van der Waals surface area contributed by atoms with Gasteiger partial charge in [0, 0.05) is 90.1 Å². The number of guanidine groups is 3. The van der Waals surface area contributed by atoms with Gasteiger partial charge in [-0.05, 0) is 170 Å². The van der Waals surface area contributed by atoms with Gasteiger partial charge in [-0.25, -0.2) is 19.8 Å². The summed E-state index contributed by atoms with van der Waals surface area (Å²) in [5.41, 5.74) is 23.9. The van der Waals surface area contributed by atoms with Gasteiger partial charge in [0.25, 0.3) is 23.6 Å². The molecular formula is C84H107N15O7. The number of hydrogen-bond acceptors (Lipinski definition) is 15. The SMILES string of the molecule is CC(=O)N1CCC(CN2C(=O)C(C)(c3cccc(-c4cccnc4)c3)N=C2N)CC1.CC1(c2cccc(-c3cccnc3)c2)N=C(N)N(CC2CCN(C(=O)COc3ccccc3)CC2)C1=O.CCC[C@H]1CN(Cc2ccc(CN3C(=O)C(CCC4CCCCC4)(CC4CCCCC4)N=C3N)cc2)C(=O)N1. The second-order valence-corrected chi connectivity index (χ2v) is 30.7. The van der Waals surface area contributed by atoms with Crippen molar-refractivity contribution in [2.45, 2.75) is 185 Å². The first-order valence-electron chi connectivity index (χ1n) is 38.7. The second-order valence-electron chi connectivity index (χ2n) is 30.7. The van der Waals surface area contributed by atoms with Gasteiger partial charge in [-0.3, -0.25) is 48.6 Å². The molecule has 8 heterocycles. The molecule has 0 radical (unpaired) electrons. The molecular weight excluding hydrogens is 1330 g/mol. The van der Waals surface area contributed by atoms with Crippen LogP contribution in [0.25, 0.3) is 22.3 Å². The Morgan fingerprint density at radius 3 is 1.54 bits per heavy atom. The third-order valence-electron chi connectivity index (χ3n) is 23.1. The number of amides is 7. The molecule has 8 aliphatic rings. The van der Waals surface area contributed by atoms with Crippen molar-refractivity contribution in [2.75, 3.05) is 52.4 Å². The van der Waals surface area contributed by atoms with Crippen LogP contribution in [0.4, 0.5) is 4.79 Å². The molecule has 0 spiro atoms. The van der Waals surface area contributed by atoms with E-state index in [0.29, 0.717) is 62.8 Å². The number of para-hydroxylation sites is 1. The molecule has 22 heteroatoms. The summed E-state index contributed by atoms with van der Waals surface area (Å²) in [6.45, 7) is 13.0. The molecule has 7 amide bonds. The summed E-state index contributed by atoms with van der Waals surface area (Å²) in [6, 6.07) is 41.3. The van der Waals surface area contributed by atoms with Crippen LogP contribution in [0.3, 0.4) is 0 Å². The van der Waals surface area contributed by atoms with Crippen LogP contribution in [0.1, 0.15) is 172 Å². The third-order valence-corrected chi connectivity index (χ3v) is 23.1. The van der Waals surface area contributed by atoms with E-state index in [1.165, 1.54) is 64.2 Å². The Balaban J connectivity index is 0.000000150. The number of nitrogens with one attached hydrogen (secondary N) is 1. The Morgan fingerprint density at radius 2 is 1.03 bits per heavy atom. The molecule has 6 aromatic rings.